The molecule has 3 N–H and O–H groups in total. The maximum absolute atomic E-state index is 13.3. The van der Waals surface area contributed by atoms with Crippen LogP contribution in [0.15, 0.2) is 21.5 Å². The van der Waals surface area contributed by atoms with Gasteiger partial charge < -0.3 is 10.6 Å². The van der Waals surface area contributed by atoms with E-state index < -0.39 is 15.8 Å². The summed E-state index contributed by atoms with van der Waals surface area (Å²) < 4.78 is 40.9. The minimum atomic E-state index is -3.74. The molecule has 1 aliphatic rings. The fourth-order valence-corrected chi connectivity index (χ4v) is 4.37. The second-order valence-electron chi connectivity index (χ2n) is 5.13. The average molecular weight is 380 g/mol. The van der Waals surface area contributed by atoms with Crippen LogP contribution < -0.4 is 10.5 Å². The lowest BCUT2D eigenvalue weighted by Gasteiger charge is -2.31. The Morgan fingerprint density at radius 1 is 1.43 bits per heavy atom. The molecule has 0 saturated carbocycles. The largest absolute Gasteiger partial charge is 0.398 e. The van der Waals surface area contributed by atoms with E-state index in [9.17, 15) is 12.8 Å². The fraction of sp³-hybridized carbons (Fsp3) is 0.538. The second kappa shape index (κ2) is 6.60. The Balaban J connectivity index is 2.14. The number of sulfonamides is 1. The highest BCUT2D eigenvalue weighted by molar-refractivity contribution is 9.10. The molecule has 1 aliphatic heterocycles. The van der Waals surface area contributed by atoms with Gasteiger partial charge in [0.05, 0.1) is 10.2 Å². The van der Waals surface area contributed by atoms with Gasteiger partial charge in [0, 0.05) is 6.04 Å². The van der Waals surface area contributed by atoms with Crippen molar-refractivity contribution in [2.45, 2.75) is 30.7 Å². The van der Waals surface area contributed by atoms with Gasteiger partial charge in [-0.3, -0.25) is 0 Å². The number of nitrogen functional groups attached to an aromatic ring is 1. The highest BCUT2D eigenvalue weighted by Gasteiger charge is 2.26. The van der Waals surface area contributed by atoms with Gasteiger partial charge in [-0.1, -0.05) is 6.92 Å². The molecule has 2 rings (SSSR count). The number of nitrogens with one attached hydrogen (secondary N) is 1. The number of benzene rings is 1. The molecule has 118 valence electrons. The van der Waals surface area contributed by atoms with Crippen LogP contribution >= 0.6 is 15.9 Å². The van der Waals surface area contributed by atoms with E-state index in [0.29, 0.717) is 0 Å². The highest BCUT2D eigenvalue weighted by Crippen LogP contribution is 2.26. The van der Waals surface area contributed by atoms with Gasteiger partial charge >= 0.3 is 0 Å². The maximum Gasteiger partial charge on any atom is 0.242 e. The number of likely N-dealkylation sites (tertiary alicyclic amines) is 1. The van der Waals surface area contributed by atoms with Crippen molar-refractivity contribution in [3.8, 4) is 0 Å². The number of hydrogen-bond acceptors (Lipinski definition) is 4. The molecule has 8 heteroatoms. The first-order valence-electron chi connectivity index (χ1n) is 6.82. The number of rotatable bonds is 4. The van der Waals surface area contributed by atoms with E-state index in [-0.39, 0.29) is 21.1 Å². The number of nitrogens with zero attached hydrogens (tertiary/aromatic N) is 1. The fourth-order valence-electron chi connectivity index (χ4n) is 2.43. The van der Waals surface area contributed by atoms with Gasteiger partial charge in [0.1, 0.15) is 10.7 Å². The third-order valence-electron chi connectivity index (χ3n) is 3.70. The predicted octanol–water partition coefficient (Wildman–Crippen LogP) is 1.93. The van der Waals surface area contributed by atoms with Gasteiger partial charge in [0.2, 0.25) is 10.0 Å². The molecular weight excluding hydrogens is 361 g/mol. The number of hydrogen-bond donors (Lipinski definition) is 2. The summed E-state index contributed by atoms with van der Waals surface area (Å²) in [6.45, 7) is 4.79. The summed E-state index contributed by atoms with van der Waals surface area (Å²) in [5, 5.41) is 0. The molecule has 1 heterocycles. The van der Waals surface area contributed by atoms with Crippen LogP contribution in [0.4, 0.5) is 10.1 Å². The summed E-state index contributed by atoms with van der Waals surface area (Å²) in [4.78, 5) is 2.18. The van der Waals surface area contributed by atoms with E-state index in [1.54, 1.807) is 0 Å². The zero-order valence-electron chi connectivity index (χ0n) is 11.8. The van der Waals surface area contributed by atoms with Crippen molar-refractivity contribution in [1.82, 2.24) is 9.62 Å². The number of halogens is 2. The Morgan fingerprint density at radius 3 is 2.62 bits per heavy atom. The van der Waals surface area contributed by atoms with Gasteiger partial charge in [-0.2, -0.15) is 0 Å². The van der Waals surface area contributed by atoms with Gasteiger partial charge in [-0.25, -0.2) is 17.5 Å². The SMILES string of the molecule is CCN1CCC(NS(=O)(=O)c2cc(Br)c(F)cc2N)CC1. The smallest absolute Gasteiger partial charge is 0.242 e. The van der Waals surface area contributed by atoms with Crippen molar-refractivity contribution in [3.63, 3.8) is 0 Å². The summed E-state index contributed by atoms with van der Waals surface area (Å²) in [6, 6.07) is 2.10. The van der Waals surface area contributed by atoms with Crippen LogP contribution in [0.25, 0.3) is 0 Å². The monoisotopic (exact) mass is 379 g/mol. The second-order valence-corrected chi connectivity index (χ2v) is 7.67. The van der Waals surface area contributed by atoms with Gasteiger partial charge in [-0.15, -0.1) is 0 Å². The highest BCUT2D eigenvalue weighted by atomic mass is 79.9. The molecule has 1 fully saturated rings. The molecule has 0 bridgehead atoms. The first-order chi connectivity index (χ1) is 9.83. The molecule has 0 unspecified atom stereocenters. The van der Waals surface area contributed by atoms with Crippen molar-refractivity contribution >= 4 is 31.6 Å². The van der Waals surface area contributed by atoms with Crippen LogP contribution in [-0.2, 0) is 10.0 Å². The number of piperidine rings is 1. The zero-order chi connectivity index (χ0) is 15.6. The Morgan fingerprint density at radius 2 is 2.05 bits per heavy atom. The van der Waals surface area contributed by atoms with Gasteiger partial charge in [-0.05, 0) is 60.5 Å². The van der Waals surface area contributed by atoms with E-state index in [4.69, 9.17) is 5.73 Å². The lowest BCUT2D eigenvalue weighted by molar-refractivity contribution is 0.217. The lowest BCUT2D eigenvalue weighted by Crippen LogP contribution is -2.44. The number of nitrogens with two attached hydrogens (primary N) is 1. The van der Waals surface area contributed by atoms with Crippen LogP contribution in [-0.4, -0.2) is 39.0 Å². The third kappa shape index (κ3) is 3.94. The maximum atomic E-state index is 13.3. The molecule has 5 nitrogen and oxygen atoms in total. The first kappa shape index (κ1) is 16.7. The zero-order valence-corrected chi connectivity index (χ0v) is 14.2. The summed E-state index contributed by atoms with van der Waals surface area (Å²) in [5.41, 5.74) is 5.55. The van der Waals surface area contributed by atoms with Gasteiger partial charge in [0.15, 0.2) is 0 Å². The standard InChI is InChI=1S/C13H19BrFN3O2S/c1-2-18-5-3-9(4-6-18)17-21(19,20)13-7-10(14)11(15)8-12(13)16/h7-9,17H,2-6,16H2,1H3. The molecule has 0 aliphatic carbocycles. The molecule has 1 saturated heterocycles. The molecule has 0 aromatic heterocycles. The summed E-state index contributed by atoms with van der Waals surface area (Å²) in [6.07, 6.45) is 1.52. The Kier molecular flexibility index (Phi) is 5.24. The van der Waals surface area contributed by atoms with E-state index in [1.165, 1.54) is 6.07 Å². The van der Waals surface area contributed by atoms with Crippen molar-refractivity contribution in [2.75, 3.05) is 25.4 Å². The normalized spacial score (nSPS) is 18.0. The van der Waals surface area contributed by atoms with E-state index in [0.717, 1.165) is 38.5 Å². The van der Waals surface area contributed by atoms with E-state index in [1.807, 2.05) is 0 Å². The topological polar surface area (TPSA) is 75.4 Å². The minimum absolute atomic E-state index is 0.0814. The Bertz CT molecular complexity index is 616. The van der Waals surface area contributed by atoms with Crippen LogP contribution in [0, 0.1) is 5.82 Å². The summed E-state index contributed by atoms with van der Waals surface area (Å²) in [5.74, 6) is -0.581. The molecule has 0 radical (unpaired) electrons. The summed E-state index contributed by atoms with van der Waals surface area (Å²) >= 11 is 2.99. The minimum Gasteiger partial charge on any atom is -0.398 e. The third-order valence-corrected chi connectivity index (χ3v) is 5.88. The molecule has 0 atom stereocenters. The van der Waals surface area contributed by atoms with E-state index in [2.05, 4.69) is 32.5 Å². The van der Waals surface area contributed by atoms with Crippen LogP contribution in [0.5, 0.6) is 0 Å². The number of anilines is 1. The summed E-state index contributed by atoms with van der Waals surface area (Å²) in [7, 11) is -3.74. The quantitative estimate of drug-likeness (QED) is 0.783. The first-order valence-corrected chi connectivity index (χ1v) is 9.10. The van der Waals surface area contributed by atoms with Crippen molar-refractivity contribution in [1.29, 1.82) is 0 Å². The van der Waals surface area contributed by atoms with Crippen molar-refractivity contribution < 1.29 is 12.8 Å². The molecule has 1 aromatic rings. The average Bonchev–Trinajstić information content (AvgIpc) is 2.43. The van der Waals surface area contributed by atoms with E-state index >= 15 is 0 Å². The molecule has 21 heavy (non-hydrogen) atoms. The van der Waals surface area contributed by atoms with Crippen LogP contribution in [0.3, 0.4) is 0 Å². The Hall–Kier alpha value is -0.700. The predicted molar refractivity (Wildman–Crippen MR) is 84.0 cm³/mol. The van der Waals surface area contributed by atoms with Crippen molar-refractivity contribution in [2.24, 2.45) is 0 Å². The lowest BCUT2D eigenvalue weighted by atomic mass is 10.1. The van der Waals surface area contributed by atoms with Gasteiger partial charge in [0.25, 0.3) is 0 Å². The molecule has 1 aromatic carbocycles. The van der Waals surface area contributed by atoms with Crippen LogP contribution in [0.1, 0.15) is 19.8 Å². The van der Waals surface area contributed by atoms with Crippen molar-refractivity contribution in [3.05, 3.63) is 22.4 Å². The van der Waals surface area contributed by atoms with Crippen LogP contribution in [0.2, 0.25) is 0 Å². The Labute approximate surface area is 132 Å². The molecular formula is C13H19BrFN3O2S. The molecule has 0 amide bonds. The molecule has 0 spiro atoms.